The lowest BCUT2D eigenvalue weighted by molar-refractivity contribution is 0.331. The van der Waals surface area contributed by atoms with Crippen molar-refractivity contribution >= 4 is 5.82 Å². The van der Waals surface area contributed by atoms with E-state index in [-0.39, 0.29) is 5.56 Å². The van der Waals surface area contributed by atoms with Gasteiger partial charge >= 0.3 is 0 Å². The summed E-state index contributed by atoms with van der Waals surface area (Å²) in [4.78, 5) is 24.2. The third-order valence-electron chi connectivity index (χ3n) is 6.97. The zero-order valence-corrected chi connectivity index (χ0v) is 17.3. The molecule has 0 spiro atoms. The Bertz CT molecular complexity index is 929. The fourth-order valence-corrected chi connectivity index (χ4v) is 5.26. The van der Waals surface area contributed by atoms with Gasteiger partial charge in [0.1, 0.15) is 12.1 Å². The van der Waals surface area contributed by atoms with Crippen molar-refractivity contribution in [2.75, 3.05) is 18.0 Å². The molecule has 5 rings (SSSR count). The molecule has 6 nitrogen and oxygen atoms in total. The predicted molar refractivity (Wildman–Crippen MR) is 113 cm³/mol. The minimum absolute atomic E-state index is 0.0780. The number of fused-ring (bicyclic) bond motifs is 2. The van der Waals surface area contributed by atoms with E-state index in [1.807, 2.05) is 6.07 Å². The van der Waals surface area contributed by atoms with Gasteiger partial charge < -0.3 is 4.90 Å². The lowest BCUT2D eigenvalue weighted by Gasteiger charge is -2.34. The first-order chi connectivity index (χ1) is 14.3. The Kier molecular flexibility index (Phi) is 5.34. The fourth-order valence-electron chi connectivity index (χ4n) is 5.26. The number of aromatic nitrogens is 4. The van der Waals surface area contributed by atoms with Gasteiger partial charge in [-0.25, -0.2) is 14.6 Å². The summed E-state index contributed by atoms with van der Waals surface area (Å²) in [6.07, 6.45) is 14.3. The maximum absolute atomic E-state index is 12.5. The summed E-state index contributed by atoms with van der Waals surface area (Å²) in [5, 5.41) is 4.72. The van der Waals surface area contributed by atoms with Crippen LogP contribution >= 0.6 is 0 Å². The Morgan fingerprint density at radius 1 is 0.897 bits per heavy atom. The van der Waals surface area contributed by atoms with Crippen LogP contribution in [-0.4, -0.2) is 32.8 Å². The molecular weight excluding hydrogens is 362 g/mol. The van der Waals surface area contributed by atoms with Crippen LogP contribution in [-0.2, 0) is 32.2 Å². The Hall–Kier alpha value is -2.24. The molecule has 3 aliphatic rings. The molecule has 1 aliphatic heterocycles. The summed E-state index contributed by atoms with van der Waals surface area (Å²) in [5.41, 5.74) is 5.05. The molecule has 1 fully saturated rings. The van der Waals surface area contributed by atoms with Gasteiger partial charge in [0.05, 0.1) is 5.69 Å². The van der Waals surface area contributed by atoms with Gasteiger partial charge in [0.2, 0.25) is 0 Å². The quantitative estimate of drug-likeness (QED) is 0.750. The fraction of sp³-hybridized carbons (Fsp3) is 0.652. The van der Waals surface area contributed by atoms with Crippen LogP contribution in [0.1, 0.15) is 67.5 Å². The summed E-state index contributed by atoms with van der Waals surface area (Å²) < 4.78 is 1.74. The first-order valence-electron chi connectivity index (χ1n) is 11.5. The van der Waals surface area contributed by atoms with E-state index < -0.39 is 0 Å². The van der Waals surface area contributed by atoms with Gasteiger partial charge in [-0.1, -0.05) is 6.42 Å². The number of aryl methyl sites for hydroxylation is 3. The third-order valence-corrected chi connectivity index (χ3v) is 6.97. The van der Waals surface area contributed by atoms with E-state index in [1.165, 1.54) is 54.7 Å². The van der Waals surface area contributed by atoms with E-state index in [0.29, 0.717) is 5.92 Å². The van der Waals surface area contributed by atoms with Crippen molar-refractivity contribution in [2.24, 2.45) is 5.92 Å². The van der Waals surface area contributed by atoms with Gasteiger partial charge in [0.15, 0.2) is 0 Å². The zero-order valence-electron chi connectivity index (χ0n) is 17.3. The van der Waals surface area contributed by atoms with Crippen molar-refractivity contribution in [2.45, 2.75) is 77.2 Å². The van der Waals surface area contributed by atoms with Gasteiger partial charge in [-0.2, -0.15) is 5.10 Å². The van der Waals surface area contributed by atoms with E-state index in [9.17, 15) is 4.79 Å². The first-order valence-corrected chi connectivity index (χ1v) is 11.5. The van der Waals surface area contributed by atoms with E-state index in [2.05, 4.69) is 14.9 Å². The maximum atomic E-state index is 12.5. The van der Waals surface area contributed by atoms with Gasteiger partial charge in [0.25, 0.3) is 5.56 Å². The van der Waals surface area contributed by atoms with Crippen molar-refractivity contribution in [3.05, 3.63) is 45.3 Å². The minimum Gasteiger partial charge on any atom is -0.356 e. The average Bonchev–Trinajstić information content (AvgIpc) is 3.00. The van der Waals surface area contributed by atoms with Crippen LogP contribution in [0.2, 0.25) is 0 Å². The summed E-state index contributed by atoms with van der Waals surface area (Å²) in [7, 11) is 0. The highest BCUT2D eigenvalue weighted by atomic mass is 16.1. The second kappa shape index (κ2) is 8.25. The van der Waals surface area contributed by atoms with Gasteiger partial charge in [-0.05, 0) is 75.7 Å². The summed E-state index contributed by atoms with van der Waals surface area (Å²) in [6.45, 7) is 2.77. The monoisotopic (exact) mass is 393 g/mol. The van der Waals surface area contributed by atoms with E-state index >= 15 is 0 Å². The SMILES string of the molecule is O=c1cc2c(nn1CC1CCN(c3ncnc4c3CCCCC4)CC1)CCCC2. The number of nitrogens with zero attached hydrogens (tertiary/aromatic N) is 5. The molecule has 0 unspecified atom stereocenters. The van der Waals surface area contributed by atoms with E-state index in [1.54, 1.807) is 11.0 Å². The van der Waals surface area contributed by atoms with Crippen LogP contribution in [0, 0.1) is 5.92 Å². The van der Waals surface area contributed by atoms with Crippen LogP contribution in [0.25, 0.3) is 0 Å². The average molecular weight is 394 g/mol. The second-order valence-electron chi connectivity index (χ2n) is 8.96. The molecule has 0 radical (unpaired) electrons. The number of anilines is 1. The summed E-state index contributed by atoms with van der Waals surface area (Å²) >= 11 is 0. The number of hydrogen-bond donors (Lipinski definition) is 0. The maximum Gasteiger partial charge on any atom is 0.267 e. The molecule has 0 bridgehead atoms. The van der Waals surface area contributed by atoms with E-state index in [4.69, 9.17) is 5.10 Å². The molecule has 2 aromatic heterocycles. The highest BCUT2D eigenvalue weighted by Gasteiger charge is 2.25. The molecule has 0 N–H and O–H groups in total. The molecule has 0 saturated carbocycles. The van der Waals surface area contributed by atoms with Gasteiger partial charge in [-0.15, -0.1) is 0 Å². The third kappa shape index (κ3) is 3.94. The van der Waals surface area contributed by atoms with Crippen molar-refractivity contribution in [1.82, 2.24) is 19.7 Å². The van der Waals surface area contributed by atoms with Crippen molar-refractivity contribution in [1.29, 1.82) is 0 Å². The number of rotatable bonds is 3. The molecule has 154 valence electrons. The predicted octanol–water partition coefficient (Wildman–Crippen LogP) is 3.10. The molecule has 2 aliphatic carbocycles. The van der Waals surface area contributed by atoms with Crippen LogP contribution < -0.4 is 10.5 Å². The van der Waals surface area contributed by atoms with Gasteiger partial charge in [0, 0.05) is 37.0 Å². The molecule has 0 atom stereocenters. The first kappa shape index (κ1) is 18.8. The van der Waals surface area contributed by atoms with E-state index in [0.717, 1.165) is 63.9 Å². The number of hydrogen-bond acceptors (Lipinski definition) is 5. The topological polar surface area (TPSA) is 63.9 Å². The Balaban J connectivity index is 1.27. The molecule has 6 heteroatoms. The largest absolute Gasteiger partial charge is 0.356 e. The molecule has 1 saturated heterocycles. The smallest absolute Gasteiger partial charge is 0.267 e. The van der Waals surface area contributed by atoms with Crippen LogP contribution in [0.15, 0.2) is 17.2 Å². The highest BCUT2D eigenvalue weighted by molar-refractivity contribution is 5.49. The molecule has 3 heterocycles. The molecule has 2 aromatic rings. The molecule has 0 aromatic carbocycles. The van der Waals surface area contributed by atoms with Crippen LogP contribution in [0.3, 0.4) is 0 Å². The molecule has 0 amide bonds. The lowest BCUT2D eigenvalue weighted by atomic mass is 9.95. The second-order valence-corrected chi connectivity index (χ2v) is 8.96. The van der Waals surface area contributed by atoms with Crippen molar-refractivity contribution in [3.63, 3.8) is 0 Å². The van der Waals surface area contributed by atoms with Crippen LogP contribution in [0.4, 0.5) is 5.82 Å². The molecule has 29 heavy (non-hydrogen) atoms. The highest BCUT2D eigenvalue weighted by Crippen LogP contribution is 2.30. The van der Waals surface area contributed by atoms with Gasteiger partial charge in [-0.3, -0.25) is 4.79 Å². The Morgan fingerprint density at radius 3 is 2.55 bits per heavy atom. The zero-order chi connectivity index (χ0) is 19.6. The summed E-state index contributed by atoms with van der Waals surface area (Å²) in [6, 6.07) is 1.84. The van der Waals surface area contributed by atoms with Crippen LogP contribution in [0.5, 0.6) is 0 Å². The Morgan fingerprint density at radius 2 is 1.66 bits per heavy atom. The molecular formula is C23H31N5O. The van der Waals surface area contributed by atoms with Crippen molar-refractivity contribution < 1.29 is 0 Å². The Labute approximate surface area is 172 Å². The minimum atomic E-state index is 0.0780. The number of piperidine rings is 1. The summed E-state index contributed by atoms with van der Waals surface area (Å²) in [5.74, 6) is 1.68. The van der Waals surface area contributed by atoms with Crippen molar-refractivity contribution in [3.8, 4) is 0 Å². The lowest BCUT2D eigenvalue weighted by Crippen LogP contribution is -2.38. The standard InChI is InChI=1S/C23H31N5O/c29-22-14-18-6-4-5-8-20(18)26-28(22)15-17-10-12-27(13-11-17)23-19-7-2-1-3-9-21(19)24-16-25-23/h14,16-17H,1-13,15H2. The normalized spacial score (nSPS) is 20.1.